The van der Waals surface area contributed by atoms with Gasteiger partial charge >= 0.3 is 0 Å². The van der Waals surface area contributed by atoms with Crippen LogP contribution >= 0.6 is 0 Å². The van der Waals surface area contributed by atoms with Gasteiger partial charge in [-0.25, -0.2) is 0 Å². The van der Waals surface area contributed by atoms with Crippen LogP contribution in [0.15, 0.2) is 18.2 Å². The van der Waals surface area contributed by atoms with Crippen molar-refractivity contribution < 1.29 is 4.79 Å². The summed E-state index contributed by atoms with van der Waals surface area (Å²) < 4.78 is 0. The average molecular weight is 276 g/mol. The molecule has 0 bridgehead atoms. The minimum atomic E-state index is -0.212. The third-order valence-electron chi connectivity index (χ3n) is 3.60. The SMILES string of the molecule is CCNC1C(=O)Nc2cc(N(C)CCN(C)C)ccc21. The second-order valence-corrected chi connectivity index (χ2v) is 5.48. The second-order valence-electron chi connectivity index (χ2n) is 5.48. The molecule has 2 rings (SSSR count). The van der Waals surface area contributed by atoms with Crippen LogP contribution in [-0.4, -0.2) is 51.6 Å². The van der Waals surface area contributed by atoms with Gasteiger partial charge in [0, 0.05) is 37.1 Å². The van der Waals surface area contributed by atoms with E-state index in [1.165, 1.54) is 0 Å². The van der Waals surface area contributed by atoms with Crippen molar-refractivity contribution in [3.05, 3.63) is 23.8 Å². The zero-order valence-electron chi connectivity index (χ0n) is 12.7. The van der Waals surface area contributed by atoms with E-state index in [1.54, 1.807) is 0 Å². The van der Waals surface area contributed by atoms with Crippen LogP contribution < -0.4 is 15.5 Å². The van der Waals surface area contributed by atoms with Crippen LogP contribution in [0.3, 0.4) is 0 Å². The number of likely N-dealkylation sites (N-methyl/N-ethyl adjacent to an activating group) is 3. The first-order valence-corrected chi connectivity index (χ1v) is 7.07. The van der Waals surface area contributed by atoms with Gasteiger partial charge in [-0.1, -0.05) is 13.0 Å². The number of amides is 1. The lowest BCUT2D eigenvalue weighted by atomic mass is 10.1. The molecular formula is C15H24N4O. The molecule has 0 aliphatic carbocycles. The Morgan fingerprint density at radius 1 is 1.25 bits per heavy atom. The third kappa shape index (κ3) is 3.11. The number of benzene rings is 1. The zero-order chi connectivity index (χ0) is 14.7. The Labute approximate surface area is 120 Å². The number of fused-ring (bicyclic) bond motifs is 1. The molecule has 0 saturated carbocycles. The fraction of sp³-hybridized carbons (Fsp3) is 0.533. The lowest BCUT2D eigenvalue weighted by Gasteiger charge is -2.22. The molecule has 1 unspecified atom stereocenters. The van der Waals surface area contributed by atoms with Crippen molar-refractivity contribution in [1.82, 2.24) is 10.2 Å². The predicted molar refractivity (Wildman–Crippen MR) is 83.3 cm³/mol. The minimum Gasteiger partial charge on any atom is -0.373 e. The first-order chi connectivity index (χ1) is 9.52. The molecule has 1 aliphatic heterocycles. The number of carbonyl (C=O) groups is 1. The summed E-state index contributed by atoms with van der Waals surface area (Å²) >= 11 is 0. The zero-order valence-corrected chi connectivity index (χ0v) is 12.7. The molecule has 5 nitrogen and oxygen atoms in total. The maximum Gasteiger partial charge on any atom is 0.246 e. The molecule has 2 N–H and O–H groups in total. The molecule has 1 atom stereocenters. The van der Waals surface area contributed by atoms with E-state index in [0.717, 1.165) is 36.6 Å². The largest absolute Gasteiger partial charge is 0.373 e. The van der Waals surface area contributed by atoms with Crippen molar-refractivity contribution in [2.75, 3.05) is 51.0 Å². The molecule has 1 aliphatic rings. The molecule has 1 aromatic rings. The summed E-state index contributed by atoms with van der Waals surface area (Å²) in [6.07, 6.45) is 0. The van der Waals surface area contributed by atoms with Crippen molar-refractivity contribution in [2.24, 2.45) is 0 Å². The van der Waals surface area contributed by atoms with Crippen LogP contribution in [0, 0.1) is 0 Å². The maximum absolute atomic E-state index is 11.9. The van der Waals surface area contributed by atoms with Gasteiger partial charge in [-0.3, -0.25) is 4.79 Å². The second kappa shape index (κ2) is 6.24. The van der Waals surface area contributed by atoms with Gasteiger partial charge in [-0.05, 0) is 32.8 Å². The van der Waals surface area contributed by atoms with Crippen LogP contribution in [0.25, 0.3) is 0 Å². The van der Waals surface area contributed by atoms with Gasteiger partial charge in [0.2, 0.25) is 5.91 Å². The van der Waals surface area contributed by atoms with Gasteiger partial charge in [0.15, 0.2) is 0 Å². The number of carbonyl (C=O) groups excluding carboxylic acids is 1. The van der Waals surface area contributed by atoms with Crippen molar-refractivity contribution in [1.29, 1.82) is 0 Å². The van der Waals surface area contributed by atoms with Crippen LogP contribution in [0.1, 0.15) is 18.5 Å². The predicted octanol–water partition coefficient (Wildman–Crippen LogP) is 1.29. The Kier molecular flexibility index (Phi) is 4.62. The molecule has 1 heterocycles. The van der Waals surface area contributed by atoms with Crippen molar-refractivity contribution in [3.8, 4) is 0 Å². The smallest absolute Gasteiger partial charge is 0.246 e. The Hall–Kier alpha value is -1.59. The standard InChI is InChI=1S/C15H24N4O/c1-5-16-14-12-7-6-11(10-13(12)17-15(14)20)19(4)9-8-18(2)3/h6-7,10,14,16H,5,8-9H2,1-4H3,(H,17,20). The summed E-state index contributed by atoms with van der Waals surface area (Å²) in [5, 5.41) is 6.16. The topological polar surface area (TPSA) is 47.6 Å². The molecule has 20 heavy (non-hydrogen) atoms. The molecule has 1 amide bonds. The number of anilines is 2. The van der Waals surface area contributed by atoms with Crippen molar-refractivity contribution in [2.45, 2.75) is 13.0 Å². The molecule has 0 spiro atoms. The highest BCUT2D eigenvalue weighted by molar-refractivity contribution is 6.03. The Balaban J connectivity index is 2.13. The molecule has 110 valence electrons. The highest BCUT2D eigenvalue weighted by Crippen LogP contribution is 2.33. The van der Waals surface area contributed by atoms with Gasteiger partial charge in [0.1, 0.15) is 6.04 Å². The van der Waals surface area contributed by atoms with Gasteiger partial charge in [-0.2, -0.15) is 0 Å². The highest BCUT2D eigenvalue weighted by atomic mass is 16.2. The summed E-state index contributed by atoms with van der Waals surface area (Å²) in [5.74, 6) is 0.0370. The van der Waals surface area contributed by atoms with E-state index < -0.39 is 0 Å². The van der Waals surface area contributed by atoms with Crippen LogP contribution in [0.4, 0.5) is 11.4 Å². The minimum absolute atomic E-state index is 0.0370. The summed E-state index contributed by atoms with van der Waals surface area (Å²) in [7, 11) is 6.21. The number of hydrogen-bond donors (Lipinski definition) is 2. The van der Waals surface area contributed by atoms with E-state index in [0.29, 0.717) is 0 Å². The number of hydrogen-bond acceptors (Lipinski definition) is 4. The summed E-state index contributed by atoms with van der Waals surface area (Å²) in [6, 6.07) is 5.97. The molecule has 0 fully saturated rings. The average Bonchev–Trinajstić information content (AvgIpc) is 2.72. The molecule has 0 saturated heterocycles. The molecule has 0 radical (unpaired) electrons. The first kappa shape index (κ1) is 14.8. The molecule has 1 aromatic carbocycles. The Morgan fingerprint density at radius 2 is 2.00 bits per heavy atom. The molecular weight excluding hydrogens is 252 g/mol. The van der Waals surface area contributed by atoms with Crippen molar-refractivity contribution >= 4 is 17.3 Å². The lowest BCUT2D eigenvalue weighted by molar-refractivity contribution is -0.117. The summed E-state index contributed by atoms with van der Waals surface area (Å²) in [4.78, 5) is 16.3. The monoisotopic (exact) mass is 276 g/mol. The van der Waals surface area contributed by atoms with Gasteiger partial charge in [-0.15, -0.1) is 0 Å². The molecule has 0 aromatic heterocycles. The lowest BCUT2D eigenvalue weighted by Crippen LogP contribution is -2.28. The van der Waals surface area contributed by atoms with Gasteiger partial charge < -0.3 is 20.4 Å². The fourth-order valence-electron chi connectivity index (χ4n) is 2.37. The number of rotatable bonds is 6. The maximum atomic E-state index is 11.9. The Bertz CT molecular complexity index is 487. The van der Waals surface area contributed by atoms with E-state index >= 15 is 0 Å². The first-order valence-electron chi connectivity index (χ1n) is 7.07. The number of nitrogens with zero attached hydrogens (tertiary/aromatic N) is 2. The summed E-state index contributed by atoms with van der Waals surface area (Å²) in [5.41, 5.74) is 3.10. The van der Waals surface area contributed by atoms with Crippen molar-refractivity contribution in [3.63, 3.8) is 0 Å². The van der Waals surface area contributed by atoms with Crippen LogP contribution in [-0.2, 0) is 4.79 Å². The Morgan fingerprint density at radius 3 is 2.65 bits per heavy atom. The van der Waals surface area contributed by atoms with Gasteiger partial charge in [0.05, 0.1) is 0 Å². The van der Waals surface area contributed by atoms with Gasteiger partial charge in [0.25, 0.3) is 0 Å². The quantitative estimate of drug-likeness (QED) is 0.822. The van der Waals surface area contributed by atoms with E-state index in [4.69, 9.17) is 0 Å². The summed E-state index contributed by atoms with van der Waals surface area (Å²) in [6.45, 7) is 4.74. The molecule has 5 heteroatoms. The van der Waals surface area contributed by atoms with E-state index in [2.05, 4.69) is 53.7 Å². The van der Waals surface area contributed by atoms with Crippen LogP contribution in [0.5, 0.6) is 0 Å². The normalized spacial score (nSPS) is 17.2. The van der Waals surface area contributed by atoms with Crippen LogP contribution in [0.2, 0.25) is 0 Å². The van der Waals surface area contributed by atoms with E-state index in [9.17, 15) is 4.79 Å². The number of nitrogens with one attached hydrogen (secondary N) is 2. The fourth-order valence-corrected chi connectivity index (χ4v) is 2.37. The highest BCUT2D eigenvalue weighted by Gasteiger charge is 2.29. The third-order valence-corrected chi connectivity index (χ3v) is 3.60. The van der Waals surface area contributed by atoms with E-state index in [1.807, 2.05) is 13.0 Å². The van der Waals surface area contributed by atoms with E-state index in [-0.39, 0.29) is 11.9 Å².